The molecule has 0 spiro atoms. The van der Waals surface area contributed by atoms with Crippen LogP contribution in [0.25, 0.3) is 0 Å². The molecule has 1 aliphatic heterocycles. The average molecular weight is 374 g/mol. The zero-order chi connectivity index (χ0) is 18.6. The molecule has 1 fully saturated rings. The highest BCUT2D eigenvalue weighted by molar-refractivity contribution is 6.30. The van der Waals surface area contributed by atoms with Crippen molar-refractivity contribution in [3.05, 3.63) is 70.7 Å². The Balaban J connectivity index is 2.02. The summed E-state index contributed by atoms with van der Waals surface area (Å²) < 4.78 is 5.50. The van der Waals surface area contributed by atoms with Crippen LogP contribution in [0.3, 0.4) is 0 Å². The first-order valence-corrected chi connectivity index (χ1v) is 9.73. The Kier molecular flexibility index (Phi) is 6.36. The predicted octanol–water partition coefficient (Wildman–Crippen LogP) is 4.30. The lowest BCUT2D eigenvalue weighted by Crippen LogP contribution is -2.47. The molecule has 2 atom stereocenters. The molecule has 1 N–H and O–H groups in total. The first-order chi connectivity index (χ1) is 12.5. The average Bonchev–Trinajstić information content (AvgIpc) is 2.68. The van der Waals surface area contributed by atoms with Crippen LogP contribution < -0.4 is 0 Å². The molecule has 0 bridgehead atoms. The summed E-state index contributed by atoms with van der Waals surface area (Å²) in [6.07, 6.45) is 0. The van der Waals surface area contributed by atoms with Gasteiger partial charge in [0.15, 0.2) is 0 Å². The second-order valence-electron chi connectivity index (χ2n) is 7.36. The minimum atomic E-state index is -0.965. The van der Waals surface area contributed by atoms with Crippen molar-refractivity contribution in [3.8, 4) is 0 Å². The van der Waals surface area contributed by atoms with E-state index in [0.29, 0.717) is 5.02 Å². The molecule has 1 heterocycles. The first-order valence-electron chi connectivity index (χ1n) is 9.35. The number of hydrogen-bond donors (Lipinski definition) is 1. The number of ether oxygens (including phenoxy) is 1. The van der Waals surface area contributed by atoms with Crippen molar-refractivity contribution in [2.75, 3.05) is 32.8 Å². The maximum absolute atomic E-state index is 12.0. The maximum Gasteiger partial charge on any atom is 0.0999 e. The minimum Gasteiger partial charge on any atom is -0.384 e. The Morgan fingerprint density at radius 3 is 2.23 bits per heavy atom. The molecule has 0 saturated carbocycles. The standard InChI is InChI=1S/C22H28ClNO2/c1-17(2)22(25,19-6-4-3-5-7-19)21(16-24-12-14-26-15-13-24)18-8-10-20(23)11-9-18/h3-11,17,21,25H,12-16H2,1-2H3. The number of aliphatic hydroxyl groups is 1. The van der Waals surface area contributed by atoms with Gasteiger partial charge in [-0.05, 0) is 29.2 Å². The van der Waals surface area contributed by atoms with Gasteiger partial charge in [0, 0.05) is 30.6 Å². The number of halogens is 1. The maximum atomic E-state index is 12.0. The molecule has 2 aromatic carbocycles. The van der Waals surface area contributed by atoms with Crippen LogP contribution in [-0.2, 0) is 10.3 Å². The third-order valence-electron chi connectivity index (χ3n) is 5.46. The van der Waals surface area contributed by atoms with Crippen molar-refractivity contribution in [1.82, 2.24) is 4.90 Å². The van der Waals surface area contributed by atoms with Crippen LogP contribution in [0.2, 0.25) is 5.02 Å². The Morgan fingerprint density at radius 1 is 1.04 bits per heavy atom. The first kappa shape index (κ1) is 19.4. The summed E-state index contributed by atoms with van der Waals surface area (Å²) in [5.41, 5.74) is 1.11. The van der Waals surface area contributed by atoms with Crippen LogP contribution >= 0.6 is 11.6 Å². The summed E-state index contributed by atoms with van der Waals surface area (Å²) in [4.78, 5) is 2.39. The molecule has 0 radical (unpaired) electrons. The molecule has 2 aromatic rings. The lowest BCUT2D eigenvalue weighted by Gasteiger charge is -2.43. The summed E-state index contributed by atoms with van der Waals surface area (Å²) in [7, 11) is 0. The molecule has 4 heteroatoms. The van der Waals surface area contributed by atoms with Crippen LogP contribution in [0.1, 0.15) is 30.9 Å². The molecule has 0 aliphatic carbocycles. The molecule has 1 saturated heterocycles. The molecule has 3 rings (SSSR count). The van der Waals surface area contributed by atoms with E-state index in [1.54, 1.807) is 0 Å². The van der Waals surface area contributed by atoms with Gasteiger partial charge in [-0.15, -0.1) is 0 Å². The van der Waals surface area contributed by atoms with Gasteiger partial charge < -0.3 is 9.84 Å². The Bertz CT molecular complexity index is 683. The van der Waals surface area contributed by atoms with Gasteiger partial charge in [-0.2, -0.15) is 0 Å². The zero-order valence-corrected chi connectivity index (χ0v) is 16.3. The van der Waals surface area contributed by atoms with Gasteiger partial charge in [-0.25, -0.2) is 0 Å². The largest absolute Gasteiger partial charge is 0.384 e. The van der Waals surface area contributed by atoms with Crippen molar-refractivity contribution in [1.29, 1.82) is 0 Å². The van der Waals surface area contributed by atoms with E-state index >= 15 is 0 Å². The van der Waals surface area contributed by atoms with E-state index in [-0.39, 0.29) is 11.8 Å². The predicted molar refractivity (Wildman–Crippen MR) is 107 cm³/mol. The third kappa shape index (κ3) is 4.12. The van der Waals surface area contributed by atoms with Crippen LogP contribution in [0.15, 0.2) is 54.6 Å². The van der Waals surface area contributed by atoms with E-state index in [1.165, 1.54) is 0 Å². The fourth-order valence-electron chi connectivity index (χ4n) is 3.88. The van der Waals surface area contributed by atoms with Crippen LogP contribution in [0, 0.1) is 5.92 Å². The lowest BCUT2D eigenvalue weighted by molar-refractivity contribution is -0.0547. The van der Waals surface area contributed by atoms with Crippen molar-refractivity contribution >= 4 is 11.6 Å². The number of nitrogens with zero attached hydrogens (tertiary/aromatic N) is 1. The van der Waals surface area contributed by atoms with Gasteiger partial charge in [0.25, 0.3) is 0 Å². The van der Waals surface area contributed by atoms with Crippen LogP contribution in [-0.4, -0.2) is 42.9 Å². The Morgan fingerprint density at radius 2 is 1.65 bits per heavy atom. The zero-order valence-electron chi connectivity index (χ0n) is 15.6. The Labute approximate surface area is 161 Å². The fourth-order valence-corrected chi connectivity index (χ4v) is 4.00. The topological polar surface area (TPSA) is 32.7 Å². The van der Waals surface area contributed by atoms with Crippen molar-refractivity contribution in [3.63, 3.8) is 0 Å². The Hall–Kier alpha value is -1.39. The van der Waals surface area contributed by atoms with Gasteiger partial charge in [0.1, 0.15) is 0 Å². The van der Waals surface area contributed by atoms with E-state index in [1.807, 2.05) is 54.6 Å². The van der Waals surface area contributed by atoms with E-state index in [4.69, 9.17) is 16.3 Å². The molecule has 26 heavy (non-hydrogen) atoms. The second kappa shape index (κ2) is 8.53. The third-order valence-corrected chi connectivity index (χ3v) is 5.72. The second-order valence-corrected chi connectivity index (χ2v) is 7.80. The molecule has 0 aromatic heterocycles. The highest BCUT2D eigenvalue weighted by Gasteiger charge is 2.43. The molecular weight excluding hydrogens is 346 g/mol. The quantitative estimate of drug-likeness (QED) is 0.819. The van der Waals surface area contributed by atoms with E-state index in [2.05, 4.69) is 18.7 Å². The van der Waals surface area contributed by atoms with E-state index in [0.717, 1.165) is 44.0 Å². The van der Waals surface area contributed by atoms with Crippen LogP contribution in [0.5, 0.6) is 0 Å². The smallest absolute Gasteiger partial charge is 0.0999 e. The molecular formula is C22H28ClNO2. The molecule has 2 unspecified atom stereocenters. The number of hydrogen-bond acceptors (Lipinski definition) is 3. The van der Waals surface area contributed by atoms with Gasteiger partial charge in [-0.3, -0.25) is 4.90 Å². The summed E-state index contributed by atoms with van der Waals surface area (Å²) in [5, 5.41) is 12.7. The van der Waals surface area contributed by atoms with Crippen molar-refractivity contribution in [2.24, 2.45) is 5.92 Å². The van der Waals surface area contributed by atoms with Crippen molar-refractivity contribution in [2.45, 2.75) is 25.4 Å². The number of morpholine rings is 1. The summed E-state index contributed by atoms with van der Waals surface area (Å²) >= 11 is 6.11. The van der Waals surface area contributed by atoms with Gasteiger partial charge in [0.05, 0.1) is 18.8 Å². The SMILES string of the molecule is CC(C)C(O)(c1ccccc1)C(CN1CCOCC1)c1ccc(Cl)cc1. The fraction of sp³-hybridized carbons (Fsp3) is 0.455. The molecule has 140 valence electrons. The van der Waals surface area contributed by atoms with E-state index < -0.39 is 5.60 Å². The van der Waals surface area contributed by atoms with Crippen LogP contribution in [0.4, 0.5) is 0 Å². The molecule has 1 aliphatic rings. The highest BCUT2D eigenvalue weighted by Crippen LogP contribution is 2.43. The number of benzene rings is 2. The van der Waals surface area contributed by atoms with Gasteiger partial charge >= 0.3 is 0 Å². The van der Waals surface area contributed by atoms with Gasteiger partial charge in [0.2, 0.25) is 0 Å². The monoisotopic (exact) mass is 373 g/mol. The summed E-state index contributed by atoms with van der Waals surface area (Å²) in [6.45, 7) is 8.26. The lowest BCUT2D eigenvalue weighted by atomic mass is 9.70. The summed E-state index contributed by atoms with van der Waals surface area (Å²) in [6, 6.07) is 18.0. The summed E-state index contributed by atoms with van der Waals surface area (Å²) in [5.74, 6) is 0.00638. The van der Waals surface area contributed by atoms with E-state index in [9.17, 15) is 5.11 Å². The van der Waals surface area contributed by atoms with Crippen molar-refractivity contribution < 1.29 is 9.84 Å². The number of rotatable bonds is 6. The highest BCUT2D eigenvalue weighted by atomic mass is 35.5. The normalized spacial score (nSPS) is 19.3. The van der Waals surface area contributed by atoms with Gasteiger partial charge in [-0.1, -0.05) is 67.9 Å². The minimum absolute atomic E-state index is 0.0553. The molecule has 3 nitrogen and oxygen atoms in total. The molecule has 0 amide bonds.